The second-order valence-electron chi connectivity index (χ2n) is 3.55. The minimum atomic E-state index is 0.935. The highest BCUT2D eigenvalue weighted by Crippen LogP contribution is 2.03. The van der Waals surface area contributed by atoms with Crippen LogP contribution in [-0.2, 0) is 6.42 Å². The molecule has 0 heterocycles. The lowest BCUT2D eigenvalue weighted by Gasteiger charge is -2.08. The van der Waals surface area contributed by atoms with Crippen molar-refractivity contribution in [2.75, 3.05) is 6.54 Å². The highest BCUT2D eigenvalue weighted by molar-refractivity contribution is 5.19. The predicted octanol–water partition coefficient (Wildman–Crippen LogP) is 3.13. The van der Waals surface area contributed by atoms with Gasteiger partial charge in [-0.15, -0.1) is 0 Å². The molecule has 0 radical (unpaired) electrons. The summed E-state index contributed by atoms with van der Waals surface area (Å²) >= 11 is 0. The Morgan fingerprint density at radius 2 is 2.00 bits per heavy atom. The van der Waals surface area contributed by atoms with E-state index in [0.29, 0.717) is 0 Å². The molecule has 0 fully saturated rings. The zero-order chi connectivity index (χ0) is 10.2. The molecule has 1 nitrogen and oxygen atoms in total. The average Bonchev–Trinajstić information content (AvgIpc) is 2.20. The Kier molecular flexibility index (Phi) is 4.84. The first-order chi connectivity index (χ1) is 6.83. The summed E-state index contributed by atoms with van der Waals surface area (Å²) in [5.41, 5.74) is 2.44. The zero-order valence-corrected chi connectivity index (χ0v) is 8.92. The second-order valence-corrected chi connectivity index (χ2v) is 3.55. The minimum absolute atomic E-state index is 0.935. The van der Waals surface area contributed by atoms with Gasteiger partial charge in [0.05, 0.1) is 0 Å². The lowest BCUT2D eigenvalue weighted by Crippen LogP contribution is -2.15. The van der Waals surface area contributed by atoms with Crippen LogP contribution in [0.2, 0.25) is 0 Å². The molecule has 1 aromatic carbocycles. The van der Waals surface area contributed by atoms with Crippen LogP contribution in [-0.4, -0.2) is 6.54 Å². The van der Waals surface area contributed by atoms with Crippen LogP contribution in [0.3, 0.4) is 0 Å². The molecule has 0 bridgehead atoms. The molecular formula is C13H19N. The summed E-state index contributed by atoms with van der Waals surface area (Å²) in [6, 6.07) is 10.4. The van der Waals surface area contributed by atoms with Crippen molar-refractivity contribution in [3.05, 3.63) is 48.2 Å². The van der Waals surface area contributed by atoms with Crippen molar-refractivity contribution in [1.82, 2.24) is 5.32 Å². The summed E-state index contributed by atoms with van der Waals surface area (Å²) in [7, 11) is 0. The van der Waals surface area contributed by atoms with E-state index in [1.807, 2.05) is 6.07 Å². The number of nitrogens with one attached hydrogen (secondary N) is 1. The van der Waals surface area contributed by atoms with E-state index in [1.165, 1.54) is 18.4 Å². The highest BCUT2D eigenvalue weighted by atomic mass is 14.9. The third kappa shape index (κ3) is 4.13. The largest absolute Gasteiger partial charge is 0.389 e. The van der Waals surface area contributed by atoms with Gasteiger partial charge in [-0.1, -0.05) is 50.3 Å². The molecule has 1 aromatic rings. The fraction of sp³-hybridized carbons (Fsp3) is 0.385. The van der Waals surface area contributed by atoms with Crippen molar-refractivity contribution in [1.29, 1.82) is 0 Å². The lowest BCUT2D eigenvalue weighted by molar-refractivity contribution is 0.700. The normalized spacial score (nSPS) is 9.79. The predicted molar refractivity (Wildman–Crippen MR) is 62.2 cm³/mol. The minimum Gasteiger partial charge on any atom is -0.389 e. The van der Waals surface area contributed by atoms with Crippen LogP contribution in [0.1, 0.15) is 25.3 Å². The van der Waals surface area contributed by atoms with Crippen molar-refractivity contribution in [3.8, 4) is 0 Å². The molecule has 1 heteroatoms. The molecule has 14 heavy (non-hydrogen) atoms. The van der Waals surface area contributed by atoms with Crippen molar-refractivity contribution in [2.24, 2.45) is 0 Å². The molecule has 0 spiro atoms. The molecule has 0 saturated heterocycles. The molecule has 1 N–H and O–H groups in total. The first kappa shape index (κ1) is 10.8. The smallest absolute Gasteiger partial charge is 0.0143 e. The Balaban J connectivity index is 2.27. The summed E-state index contributed by atoms with van der Waals surface area (Å²) in [6.07, 6.45) is 3.38. The van der Waals surface area contributed by atoms with E-state index >= 15 is 0 Å². The summed E-state index contributed by atoms with van der Waals surface area (Å²) in [4.78, 5) is 0. The van der Waals surface area contributed by atoms with Crippen molar-refractivity contribution < 1.29 is 0 Å². The van der Waals surface area contributed by atoms with Gasteiger partial charge in [-0.2, -0.15) is 0 Å². The number of rotatable bonds is 6. The van der Waals surface area contributed by atoms with E-state index in [2.05, 4.69) is 43.1 Å². The third-order valence-corrected chi connectivity index (χ3v) is 2.17. The van der Waals surface area contributed by atoms with Gasteiger partial charge in [-0.25, -0.2) is 0 Å². The van der Waals surface area contributed by atoms with E-state index in [9.17, 15) is 0 Å². The quantitative estimate of drug-likeness (QED) is 0.678. The second kappa shape index (κ2) is 6.25. The Labute approximate surface area is 86.8 Å². The van der Waals surface area contributed by atoms with Gasteiger partial charge >= 0.3 is 0 Å². The Hall–Kier alpha value is -1.24. The standard InChI is InChI=1S/C13H19N/c1-3-4-10-14-12(2)11-13-8-6-5-7-9-13/h5-9,14H,2-4,10-11H2,1H3. The van der Waals surface area contributed by atoms with E-state index in [4.69, 9.17) is 0 Å². The van der Waals surface area contributed by atoms with Gasteiger partial charge < -0.3 is 5.32 Å². The number of hydrogen-bond acceptors (Lipinski definition) is 1. The summed E-state index contributed by atoms with van der Waals surface area (Å²) in [5, 5.41) is 3.34. The fourth-order valence-corrected chi connectivity index (χ4v) is 1.35. The number of hydrogen-bond donors (Lipinski definition) is 1. The van der Waals surface area contributed by atoms with Crippen LogP contribution in [0.25, 0.3) is 0 Å². The molecule has 0 atom stereocenters. The highest BCUT2D eigenvalue weighted by Gasteiger charge is 1.94. The van der Waals surface area contributed by atoms with Crippen molar-refractivity contribution in [3.63, 3.8) is 0 Å². The summed E-state index contributed by atoms with van der Waals surface area (Å²) < 4.78 is 0. The SMILES string of the molecule is C=C(Cc1ccccc1)NCCCC. The lowest BCUT2D eigenvalue weighted by atomic mass is 10.1. The molecule has 0 amide bonds. The van der Waals surface area contributed by atoms with Crippen LogP contribution in [0.4, 0.5) is 0 Å². The van der Waals surface area contributed by atoms with Gasteiger partial charge in [-0.05, 0) is 12.0 Å². The molecule has 76 valence electrons. The first-order valence-corrected chi connectivity index (χ1v) is 5.28. The third-order valence-electron chi connectivity index (χ3n) is 2.17. The number of allylic oxidation sites excluding steroid dienone is 1. The van der Waals surface area contributed by atoms with Gasteiger partial charge in [0.15, 0.2) is 0 Å². The van der Waals surface area contributed by atoms with Crippen LogP contribution in [0.5, 0.6) is 0 Å². The Morgan fingerprint density at radius 1 is 1.29 bits per heavy atom. The molecule has 1 rings (SSSR count). The Bertz CT molecular complexity index is 264. The summed E-state index contributed by atoms with van der Waals surface area (Å²) in [5.74, 6) is 0. The van der Waals surface area contributed by atoms with Gasteiger partial charge in [-0.3, -0.25) is 0 Å². The maximum Gasteiger partial charge on any atom is 0.0143 e. The molecule has 0 aromatic heterocycles. The van der Waals surface area contributed by atoms with Gasteiger partial charge in [0, 0.05) is 18.7 Å². The zero-order valence-electron chi connectivity index (χ0n) is 8.92. The topological polar surface area (TPSA) is 12.0 Å². The van der Waals surface area contributed by atoms with Crippen molar-refractivity contribution >= 4 is 0 Å². The molecule has 0 saturated carbocycles. The van der Waals surface area contributed by atoms with Gasteiger partial charge in [0.1, 0.15) is 0 Å². The van der Waals surface area contributed by atoms with E-state index < -0.39 is 0 Å². The molecule has 0 aliphatic carbocycles. The average molecular weight is 189 g/mol. The van der Waals surface area contributed by atoms with Crippen LogP contribution >= 0.6 is 0 Å². The fourth-order valence-electron chi connectivity index (χ4n) is 1.35. The molecule has 0 aliphatic heterocycles. The summed E-state index contributed by atoms with van der Waals surface area (Å²) in [6.45, 7) is 7.25. The molecule has 0 aliphatic rings. The molecule has 0 unspecified atom stereocenters. The Morgan fingerprint density at radius 3 is 2.64 bits per heavy atom. The number of unbranched alkanes of at least 4 members (excludes halogenated alkanes) is 1. The number of benzene rings is 1. The maximum atomic E-state index is 4.01. The van der Waals surface area contributed by atoms with Crippen molar-refractivity contribution in [2.45, 2.75) is 26.2 Å². The first-order valence-electron chi connectivity index (χ1n) is 5.28. The van der Waals surface area contributed by atoms with Gasteiger partial charge in [0.25, 0.3) is 0 Å². The molecular weight excluding hydrogens is 170 g/mol. The monoisotopic (exact) mass is 189 g/mol. The maximum absolute atomic E-state index is 4.01. The van der Waals surface area contributed by atoms with Crippen LogP contribution in [0.15, 0.2) is 42.6 Å². The van der Waals surface area contributed by atoms with E-state index in [1.54, 1.807) is 0 Å². The van der Waals surface area contributed by atoms with Gasteiger partial charge in [0.2, 0.25) is 0 Å². The van der Waals surface area contributed by atoms with Crippen LogP contribution in [0, 0.1) is 0 Å². The van der Waals surface area contributed by atoms with Crippen LogP contribution < -0.4 is 5.32 Å². The van der Waals surface area contributed by atoms with E-state index in [-0.39, 0.29) is 0 Å². The van der Waals surface area contributed by atoms with E-state index in [0.717, 1.165) is 18.7 Å².